The minimum atomic E-state index is -0.368. The second-order valence-electron chi connectivity index (χ2n) is 5.54. The van der Waals surface area contributed by atoms with Crippen LogP contribution in [-0.2, 0) is 9.59 Å². The molecule has 0 aromatic heterocycles. The van der Waals surface area contributed by atoms with Gasteiger partial charge in [0.15, 0.2) is 0 Å². The maximum atomic E-state index is 12.1. The number of amides is 2. The van der Waals surface area contributed by atoms with Crippen molar-refractivity contribution in [2.24, 2.45) is 11.1 Å². The van der Waals surface area contributed by atoms with Gasteiger partial charge in [-0.2, -0.15) is 0 Å². The van der Waals surface area contributed by atoms with E-state index in [1.54, 1.807) is 0 Å². The fourth-order valence-electron chi connectivity index (χ4n) is 2.58. The third-order valence-electron chi connectivity index (χ3n) is 4.01. The van der Waals surface area contributed by atoms with E-state index in [2.05, 4.69) is 10.6 Å². The Morgan fingerprint density at radius 3 is 2.44 bits per heavy atom. The average Bonchev–Trinajstić information content (AvgIpc) is 3.03. The largest absolute Gasteiger partial charge is 0.355 e. The molecule has 18 heavy (non-hydrogen) atoms. The number of carbonyl (C=O) groups is 2. The second kappa shape index (κ2) is 5.69. The highest BCUT2D eigenvalue weighted by molar-refractivity contribution is 5.84. The number of hydrogen-bond donors (Lipinski definition) is 3. The molecule has 2 aliphatic rings. The molecule has 0 unspecified atom stereocenters. The van der Waals surface area contributed by atoms with Crippen molar-refractivity contribution in [2.45, 2.75) is 51.0 Å². The first kappa shape index (κ1) is 13.3. The molecular weight excluding hydrogens is 230 g/mol. The summed E-state index contributed by atoms with van der Waals surface area (Å²) < 4.78 is 0. The lowest BCUT2D eigenvalue weighted by Gasteiger charge is -2.25. The molecule has 0 spiro atoms. The lowest BCUT2D eigenvalue weighted by molar-refractivity contribution is -0.130. The predicted molar refractivity (Wildman–Crippen MR) is 68.7 cm³/mol. The Labute approximate surface area is 108 Å². The Balaban J connectivity index is 1.68. The molecule has 2 amide bonds. The zero-order chi connectivity index (χ0) is 13.0. The van der Waals surface area contributed by atoms with Crippen LogP contribution in [0, 0.1) is 5.41 Å². The fraction of sp³-hybridized carbons (Fsp3) is 0.846. The molecule has 0 aliphatic heterocycles. The van der Waals surface area contributed by atoms with Crippen molar-refractivity contribution < 1.29 is 9.59 Å². The van der Waals surface area contributed by atoms with Crippen LogP contribution in [0.3, 0.4) is 0 Å². The predicted octanol–water partition coefficient (Wildman–Crippen LogP) is 0.290. The van der Waals surface area contributed by atoms with E-state index in [0.29, 0.717) is 25.6 Å². The van der Waals surface area contributed by atoms with Gasteiger partial charge >= 0.3 is 0 Å². The SMILES string of the molecule is NCC1(C(=O)NCCC(=O)NC2CC2)CCCC1. The summed E-state index contributed by atoms with van der Waals surface area (Å²) in [6.07, 6.45) is 6.46. The molecule has 0 bridgehead atoms. The molecule has 0 aromatic rings. The summed E-state index contributed by atoms with van der Waals surface area (Å²) in [6, 6.07) is 0.387. The third kappa shape index (κ3) is 3.22. The fourth-order valence-corrected chi connectivity index (χ4v) is 2.58. The minimum Gasteiger partial charge on any atom is -0.355 e. The van der Waals surface area contributed by atoms with Crippen molar-refractivity contribution >= 4 is 11.8 Å². The summed E-state index contributed by atoms with van der Waals surface area (Å²) in [6.45, 7) is 0.826. The Bertz CT molecular complexity index is 320. The zero-order valence-corrected chi connectivity index (χ0v) is 10.8. The number of carbonyl (C=O) groups excluding carboxylic acids is 2. The Kier molecular flexibility index (Phi) is 4.22. The van der Waals surface area contributed by atoms with Gasteiger partial charge in [-0.3, -0.25) is 9.59 Å². The van der Waals surface area contributed by atoms with E-state index >= 15 is 0 Å². The second-order valence-corrected chi connectivity index (χ2v) is 5.54. The maximum absolute atomic E-state index is 12.1. The monoisotopic (exact) mass is 253 g/mol. The molecule has 0 saturated heterocycles. The molecule has 5 heteroatoms. The van der Waals surface area contributed by atoms with Crippen LogP contribution in [0.2, 0.25) is 0 Å². The van der Waals surface area contributed by atoms with E-state index in [4.69, 9.17) is 5.73 Å². The minimum absolute atomic E-state index is 0.0294. The van der Waals surface area contributed by atoms with E-state index in [-0.39, 0.29) is 17.2 Å². The molecular formula is C13H23N3O2. The van der Waals surface area contributed by atoms with Crippen molar-refractivity contribution in [3.05, 3.63) is 0 Å². The molecule has 0 heterocycles. The standard InChI is InChI=1S/C13H23N3O2/c14-9-13(6-1-2-7-13)12(18)15-8-5-11(17)16-10-3-4-10/h10H,1-9,14H2,(H,15,18)(H,16,17). The maximum Gasteiger partial charge on any atom is 0.227 e. The van der Waals surface area contributed by atoms with E-state index in [9.17, 15) is 9.59 Å². The third-order valence-corrected chi connectivity index (χ3v) is 4.01. The van der Waals surface area contributed by atoms with Crippen LogP contribution in [0.15, 0.2) is 0 Å². The molecule has 0 atom stereocenters. The van der Waals surface area contributed by atoms with Gasteiger partial charge in [-0.05, 0) is 25.7 Å². The van der Waals surface area contributed by atoms with Crippen LogP contribution in [0.25, 0.3) is 0 Å². The molecule has 102 valence electrons. The van der Waals surface area contributed by atoms with Crippen molar-refractivity contribution in [2.75, 3.05) is 13.1 Å². The van der Waals surface area contributed by atoms with Crippen LogP contribution >= 0.6 is 0 Å². The number of rotatable bonds is 6. The number of hydrogen-bond acceptors (Lipinski definition) is 3. The van der Waals surface area contributed by atoms with Gasteiger partial charge < -0.3 is 16.4 Å². The highest BCUT2D eigenvalue weighted by Crippen LogP contribution is 2.37. The first-order valence-electron chi connectivity index (χ1n) is 6.94. The van der Waals surface area contributed by atoms with E-state index in [1.165, 1.54) is 0 Å². The van der Waals surface area contributed by atoms with Gasteiger partial charge in [0.2, 0.25) is 11.8 Å². The summed E-state index contributed by atoms with van der Waals surface area (Å²) in [7, 11) is 0. The zero-order valence-electron chi connectivity index (χ0n) is 10.8. The van der Waals surface area contributed by atoms with Crippen LogP contribution in [0.4, 0.5) is 0 Å². The van der Waals surface area contributed by atoms with E-state index in [0.717, 1.165) is 38.5 Å². The molecule has 4 N–H and O–H groups in total. The van der Waals surface area contributed by atoms with E-state index in [1.807, 2.05) is 0 Å². The van der Waals surface area contributed by atoms with Crippen LogP contribution in [0.1, 0.15) is 44.9 Å². The Morgan fingerprint density at radius 2 is 1.89 bits per heavy atom. The van der Waals surface area contributed by atoms with Crippen molar-refractivity contribution in [1.82, 2.24) is 10.6 Å². The van der Waals surface area contributed by atoms with Gasteiger partial charge in [-0.25, -0.2) is 0 Å². The lowest BCUT2D eigenvalue weighted by atomic mass is 9.85. The average molecular weight is 253 g/mol. The van der Waals surface area contributed by atoms with Gasteiger partial charge in [0.1, 0.15) is 0 Å². The van der Waals surface area contributed by atoms with Crippen molar-refractivity contribution in [3.8, 4) is 0 Å². The van der Waals surface area contributed by atoms with Gasteiger partial charge in [0, 0.05) is 25.6 Å². The molecule has 2 saturated carbocycles. The summed E-state index contributed by atoms with van der Waals surface area (Å²) in [5, 5.41) is 5.77. The van der Waals surface area contributed by atoms with Gasteiger partial charge in [-0.15, -0.1) is 0 Å². The van der Waals surface area contributed by atoms with E-state index < -0.39 is 0 Å². The lowest BCUT2D eigenvalue weighted by Crippen LogP contribution is -2.45. The Morgan fingerprint density at radius 1 is 1.22 bits per heavy atom. The summed E-state index contributed by atoms with van der Waals surface area (Å²) in [5.74, 6) is 0.0627. The highest BCUT2D eigenvalue weighted by atomic mass is 16.2. The van der Waals surface area contributed by atoms with Crippen LogP contribution in [0.5, 0.6) is 0 Å². The molecule has 0 radical (unpaired) electrons. The molecule has 5 nitrogen and oxygen atoms in total. The van der Waals surface area contributed by atoms with Crippen LogP contribution in [-0.4, -0.2) is 30.9 Å². The van der Waals surface area contributed by atoms with Crippen molar-refractivity contribution in [1.29, 1.82) is 0 Å². The van der Waals surface area contributed by atoms with Gasteiger partial charge in [-0.1, -0.05) is 12.8 Å². The number of nitrogens with one attached hydrogen (secondary N) is 2. The van der Waals surface area contributed by atoms with Gasteiger partial charge in [0.05, 0.1) is 5.41 Å². The summed E-state index contributed by atoms with van der Waals surface area (Å²) in [5.41, 5.74) is 5.37. The first-order valence-corrected chi connectivity index (χ1v) is 6.94. The summed E-state index contributed by atoms with van der Waals surface area (Å²) >= 11 is 0. The molecule has 2 fully saturated rings. The normalized spacial score (nSPS) is 21.6. The topological polar surface area (TPSA) is 84.2 Å². The van der Waals surface area contributed by atoms with Crippen LogP contribution < -0.4 is 16.4 Å². The smallest absolute Gasteiger partial charge is 0.227 e. The van der Waals surface area contributed by atoms with Crippen molar-refractivity contribution in [3.63, 3.8) is 0 Å². The quantitative estimate of drug-likeness (QED) is 0.636. The first-order chi connectivity index (χ1) is 8.66. The highest BCUT2D eigenvalue weighted by Gasteiger charge is 2.39. The molecule has 0 aromatic carbocycles. The van der Waals surface area contributed by atoms with Gasteiger partial charge in [0.25, 0.3) is 0 Å². The summed E-state index contributed by atoms with van der Waals surface area (Å²) in [4.78, 5) is 23.6. The molecule has 2 aliphatic carbocycles. The molecule has 2 rings (SSSR count). The Hall–Kier alpha value is -1.10. The number of nitrogens with two attached hydrogens (primary N) is 1.